The van der Waals surface area contributed by atoms with Crippen molar-refractivity contribution in [1.82, 2.24) is 15.0 Å². The van der Waals surface area contributed by atoms with Gasteiger partial charge in [-0.2, -0.15) is 11.8 Å². The molecular formula is C14H21N3O2S. The molecule has 2 aliphatic rings. The van der Waals surface area contributed by atoms with Crippen molar-refractivity contribution in [2.45, 2.75) is 25.8 Å². The zero-order chi connectivity index (χ0) is 13.9. The Bertz CT molecular complexity index is 471. The summed E-state index contributed by atoms with van der Waals surface area (Å²) in [7, 11) is 0. The second-order valence-corrected chi connectivity index (χ2v) is 6.67. The van der Waals surface area contributed by atoms with Crippen LogP contribution in [0.2, 0.25) is 0 Å². The van der Waals surface area contributed by atoms with Crippen molar-refractivity contribution in [3.05, 3.63) is 17.5 Å². The molecule has 1 amide bonds. The number of rotatable bonds is 2. The molecule has 0 radical (unpaired) electrons. The average Bonchev–Trinajstić information content (AvgIpc) is 3.05. The Kier molecular flexibility index (Phi) is 4.31. The van der Waals surface area contributed by atoms with E-state index in [1.54, 1.807) is 6.07 Å². The summed E-state index contributed by atoms with van der Waals surface area (Å²) in [6.45, 7) is 5.51. The lowest BCUT2D eigenvalue weighted by atomic mass is 10.2. The van der Waals surface area contributed by atoms with E-state index in [1.165, 1.54) is 17.9 Å². The SMILES string of the molecule is Cc1cc(C(=O)N2CCCN(C3CCSC3)CC2)no1. The van der Waals surface area contributed by atoms with E-state index in [0.29, 0.717) is 17.5 Å². The highest BCUT2D eigenvalue weighted by Crippen LogP contribution is 2.23. The second-order valence-electron chi connectivity index (χ2n) is 5.52. The average molecular weight is 295 g/mol. The fourth-order valence-corrected chi connectivity index (χ4v) is 4.20. The lowest BCUT2D eigenvalue weighted by Crippen LogP contribution is -2.39. The molecule has 1 aromatic rings. The van der Waals surface area contributed by atoms with Gasteiger partial charge in [0.05, 0.1) is 0 Å². The monoisotopic (exact) mass is 295 g/mol. The summed E-state index contributed by atoms with van der Waals surface area (Å²) in [6, 6.07) is 2.43. The molecule has 0 spiro atoms. The second kappa shape index (κ2) is 6.18. The molecule has 1 aromatic heterocycles. The van der Waals surface area contributed by atoms with Crippen molar-refractivity contribution in [3.8, 4) is 0 Å². The van der Waals surface area contributed by atoms with Gasteiger partial charge in [0.25, 0.3) is 5.91 Å². The lowest BCUT2D eigenvalue weighted by molar-refractivity contribution is 0.0748. The van der Waals surface area contributed by atoms with Gasteiger partial charge in [0, 0.05) is 44.0 Å². The van der Waals surface area contributed by atoms with Crippen LogP contribution in [0.25, 0.3) is 0 Å². The summed E-state index contributed by atoms with van der Waals surface area (Å²) in [5.41, 5.74) is 0.437. The molecule has 110 valence electrons. The molecule has 6 heteroatoms. The fraction of sp³-hybridized carbons (Fsp3) is 0.714. The molecular weight excluding hydrogens is 274 g/mol. The van der Waals surface area contributed by atoms with E-state index in [2.05, 4.69) is 10.1 Å². The van der Waals surface area contributed by atoms with Gasteiger partial charge in [-0.25, -0.2) is 0 Å². The summed E-state index contributed by atoms with van der Waals surface area (Å²) in [4.78, 5) is 16.8. The molecule has 1 unspecified atom stereocenters. The molecule has 3 rings (SSSR count). The Morgan fingerprint density at radius 2 is 2.30 bits per heavy atom. The van der Waals surface area contributed by atoms with Gasteiger partial charge >= 0.3 is 0 Å². The molecule has 2 saturated heterocycles. The van der Waals surface area contributed by atoms with E-state index in [9.17, 15) is 4.79 Å². The summed E-state index contributed by atoms with van der Waals surface area (Å²) in [5, 5.41) is 3.83. The maximum absolute atomic E-state index is 12.4. The molecule has 2 fully saturated rings. The number of aromatic nitrogens is 1. The van der Waals surface area contributed by atoms with Crippen LogP contribution in [0, 0.1) is 6.92 Å². The number of amides is 1. The van der Waals surface area contributed by atoms with Gasteiger partial charge in [0.2, 0.25) is 0 Å². The fourth-order valence-electron chi connectivity index (χ4n) is 2.94. The van der Waals surface area contributed by atoms with Crippen molar-refractivity contribution in [2.24, 2.45) is 0 Å². The number of carbonyl (C=O) groups is 1. The third-order valence-corrected chi connectivity index (χ3v) is 5.23. The first-order chi connectivity index (χ1) is 9.74. The minimum Gasteiger partial charge on any atom is -0.361 e. The quantitative estimate of drug-likeness (QED) is 0.830. The van der Waals surface area contributed by atoms with Gasteiger partial charge < -0.3 is 9.42 Å². The van der Waals surface area contributed by atoms with Crippen molar-refractivity contribution in [2.75, 3.05) is 37.7 Å². The van der Waals surface area contributed by atoms with Crippen LogP contribution in [0.1, 0.15) is 29.1 Å². The van der Waals surface area contributed by atoms with Crippen molar-refractivity contribution < 1.29 is 9.32 Å². The highest BCUT2D eigenvalue weighted by Gasteiger charge is 2.27. The van der Waals surface area contributed by atoms with E-state index in [-0.39, 0.29) is 5.91 Å². The smallest absolute Gasteiger partial charge is 0.276 e. The molecule has 2 aliphatic heterocycles. The normalized spacial score (nSPS) is 24.9. The maximum atomic E-state index is 12.4. The first-order valence-corrected chi connectivity index (χ1v) is 8.44. The van der Waals surface area contributed by atoms with Crippen LogP contribution in [0.5, 0.6) is 0 Å². The van der Waals surface area contributed by atoms with Crippen LogP contribution in [0.3, 0.4) is 0 Å². The molecule has 0 N–H and O–H groups in total. The molecule has 0 saturated carbocycles. The molecule has 1 atom stereocenters. The molecule has 0 bridgehead atoms. The Morgan fingerprint density at radius 1 is 1.40 bits per heavy atom. The number of carbonyl (C=O) groups excluding carboxylic acids is 1. The number of hydrogen-bond acceptors (Lipinski definition) is 5. The van der Waals surface area contributed by atoms with Crippen LogP contribution in [-0.2, 0) is 0 Å². The number of thioether (sulfide) groups is 1. The number of nitrogens with zero attached hydrogens (tertiary/aromatic N) is 3. The van der Waals surface area contributed by atoms with Gasteiger partial charge in [-0.15, -0.1) is 0 Å². The minimum atomic E-state index is 0.00416. The highest BCUT2D eigenvalue weighted by molar-refractivity contribution is 7.99. The highest BCUT2D eigenvalue weighted by atomic mass is 32.2. The van der Waals surface area contributed by atoms with Gasteiger partial charge in [0.15, 0.2) is 5.69 Å². The van der Waals surface area contributed by atoms with Crippen molar-refractivity contribution in [1.29, 1.82) is 0 Å². The third-order valence-electron chi connectivity index (χ3n) is 4.09. The Hall–Kier alpha value is -1.01. The van der Waals surface area contributed by atoms with E-state index < -0.39 is 0 Å². The van der Waals surface area contributed by atoms with E-state index in [4.69, 9.17) is 4.52 Å². The molecule has 0 aromatic carbocycles. The zero-order valence-electron chi connectivity index (χ0n) is 11.9. The molecule has 3 heterocycles. The van der Waals surface area contributed by atoms with Crippen LogP contribution in [0.4, 0.5) is 0 Å². The first-order valence-electron chi connectivity index (χ1n) is 7.28. The standard InChI is InChI=1S/C14H21N3O2S/c1-11-9-13(15-19-11)14(18)17-5-2-4-16(6-7-17)12-3-8-20-10-12/h9,12H,2-8,10H2,1H3. The summed E-state index contributed by atoms with van der Waals surface area (Å²) in [6.07, 6.45) is 2.34. The van der Waals surface area contributed by atoms with E-state index >= 15 is 0 Å². The predicted molar refractivity (Wildman–Crippen MR) is 79.1 cm³/mol. The minimum absolute atomic E-state index is 0.00416. The van der Waals surface area contributed by atoms with Gasteiger partial charge in [-0.1, -0.05) is 5.16 Å². The molecule has 20 heavy (non-hydrogen) atoms. The van der Waals surface area contributed by atoms with Gasteiger partial charge in [0.1, 0.15) is 5.76 Å². The summed E-state index contributed by atoms with van der Waals surface area (Å²) >= 11 is 2.04. The topological polar surface area (TPSA) is 49.6 Å². The third kappa shape index (κ3) is 3.01. The Balaban J connectivity index is 1.60. The number of hydrogen-bond donors (Lipinski definition) is 0. The first kappa shape index (κ1) is 13.9. The van der Waals surface area contributed by atoms with E-state index in [1.807, 2.05) is 23.6 Å². The van der Waals surface area contributed by atoms with Crippen LogP contribution in [0.15, 0.2) is 10.6 Å². The van der Waals surface area contributed by atoms with Crippen LogP contribution < -0.4 is 0 Å². The number of aryl methyl sites for hydroxylation is 1. The van der Waals surface area contributed by atoms with Crippen LogP contribution in [-0.4, -0.2) is 64.6 Å². The van der Waals surface area contributed by atoms with Crippen molar-refractivity contribution >= 4 is 17.7 Å². The zero-order valence-corrected chi connectivity index (χ0v) is 12.7. The summed E-state index contributed by atoms with van der Waals surface area (Å²) in [5.74, 6) is 3.22. The lowest BCUT2D eigenvalue weighted by Gasteiger charge is -2.26. The van der Waals surface area contributed by atoms with Gasteiger partial charge in [-0.05, 0) is 25.5 Å². The summed E-state index contributed by atoms with van der Waals surface area (Å²) < 4.78 is 5.00. The van der Waals surface area contributed by atoms with Crippen LogP contribution >= 0.6 is 11.8 Å². The maximum Gasteiger partial charge on any atom is 0.276 e. The molecule has 5 nitrogen and oxygen atoms in total. The Morgan fingerprint density at radius 3 is 3.00 bits per heavy atom. The van der Waals surface area contributed by atoms with E-state index in [0.717, 1.165) is 32.6 Å². The predicted octanol–water partition coefficient (Wildman–Crippen LogP) is 1.64. The largest absolute Gasteiger partial charge is 0.361 e. The van der Waals surface area contributed by atoms with Gasteiger partial charge in [-0.3, -0.25) is 9.69 Å². The molecule has 0 aliphatic carbocycles. The Labute approximate surface area is 123 Å². The van der Waals surface area contributed by atoms with Crippen molar-refractivity contribution in [3.63, 3.8) is 0 Å².